The number of benzene rings is 1. The van der Waals surface area contributed by atoms with Crippen molar-refractivity contribution >= 4 is 15.9 Å². The first kappa shape index (κ1) is 17.4. The summed E-state index contributed by atoms with van der Waals surface area (Å²) in [6.45, 7) is 4.73. The van der Waals surface area contributed by atoms with Crippen LogP contribution < -0.4 is 10.2 Å². The fourth-order valence-corrected chi connectivity index (χ4v) is 4.67. The number of quaternary nitrogens is 1. The summed E-state index contributed by atoms with van der Waals surface area (Å²) in [4.78, 5) is 13.6. The Labute approximate surface area is 143 Å². The number of nitrogens with zero attached hydrogens (tertiary/aromatic N) is 1. The molecule has 0 unspecified atom stereocenters. The minimum absolute atomic E-state index is 0.0729. The molecule has 0 radical (unpaired) electrons. The van der Waals surface area contributed by atoms with Gasteiger partial charge in [-0.25, -0.2) is 8.42 Å². The van der Waals surface area contributed by atoms with Crippen LogP contribution in [0.15, 0.2) is 35.2 Å². The molecule has 3 rings (SSSR count). The molecule has 1 amide bonds. The zero-order chi connectivity index (χ0) is 17.2. The van der Waals surface area contributed by atoms with E-state index in [2.05, 4.69) is 12.2 Å². The van der Waals surface area contributed by atoms with Crippen molar-refractivity contribution in [3.63, 3.8) is 0 Å². The monoisotopic (exact) mass is 352 g/mol. The van der Waals surface area contributed by atoms with Crippen molar-refractivity contribution in [2.24, 2.45) is 5.92 Å². The second-order valence-corrected chi connectivity index (χ2v) is 8.78. The van der Waals surface area contributed by atoms with Gasteiger partial charge in [-0.15, -0.1) is 0 Å². The van der Waals surface area contributed by atoms with E-state index in [9.17, 15) is 13.2 Å². The van der Waals surface area contributed by atoms with Crippen LogP contribution in [0.4, 0.5) is 0 Å². The summed E-state index contributed by atoms with van der Waals surface area (Å²) < 4.78 is 26.7. The number of carbonyl (C=O) groups excluding carboxylic acids is 1. The van der Waals surface area contributed by atoms with Gasteiger partial charge in [-0.3, -0.25) is 4.79 Å². The summed E-state index contributed by atoms with van der Waals surface area (Å²) in [5, 5.41) is 3.06. The van der Waals surface area contributed by atoms with Crippen molar-refractivity contribution in [1.29, 1.82) is 0 Å². The van der Waals surface area contributed by atoms with Crippen molar-refractivity contribution in [3.05, 3.63) is 30.3 Å². The molecule has 1 aromatic rings. The molecule has 1 saturated heterocycles. The fourth-order valence-electron chi connectivity index (χ4n) is 3.21. The van der Waals surface area contributed by atoms with E-state index in [1.165, 1.54) is 17.1 Å². The molecule has 0 spiro atoms. The fraction of sp³-hybridized carbons (Fsp3) is 0.588. The van der Waals surface area contributed by atoms with Crippen LogP contribution in [-0.2, 0) is 14.8 Å². The van der Waals surface area contributed by atoms with Crippen molar-refractivity contribution in [3.8, 4) is 0 Å². The first-order chi connectivity index (χ1) is 11.5. The molecule has 132 valence electrons. The molecule has 1 aliphatic heterocycles. The average molecular weight is 352 g/mol. The second-order valence-electron chi connectivity index (χ2n) is 6.84. The minimum Gasteiger partial charge on any atom is -0.348 e. The third-order valence-corrected chi connectivity index (χ3v) is 6.85. The maximum Gasteiger partial charge on any atom is 0.275 e. The lowest BCUT2D eigenvalue weighted by atomic mass is 10.2. The molecule has 1 atom stereocenters. The Morgan fingerprint density at radius 1 is 1.25 bits per heavy atom. The lowest BCUT2D eigenvalue weighted by molar-refractivity contribution is -0.895. The highest BCUT2D eigenvalue weighted by Crippen LogP contribution is 2.32. The lowest BCUT2D eigenvalue weighted by Crippen LogP contribution is -3.15. The molecule has 24 heavy (non-hydrogen) atoms. The van der Waals surface area contributed by atoms with Crippen LogP contribution in [0.1, 0.15) is 19.8 Å². The van der Waals surface area contributed by atoms with Gasteiger partial charge >= 0.3 is 0 Å². The third-order valence-electron chi connectivity index (χ3n) is 4.94. The van der Waals surface area contributed by atoms with Crippen LogP contribution in [0.25, 0.3) is 0 Å². The first-order valence-electron chi connectivity index (χ1n) is 8.65. The van der Waals surface area contributed by atoms with Gasteiger partial charge in [-0.1, -0.05) is 18.2 Å². The molecule has 1 heterocycles. The summed E-state index contributed by atoms with van der Waals surface area (Å²) in [5.41, 5.74) is 0. The van der Waals surface area contributed by atoms with Crippen LogP contribution in [0.3, 0.4) is 0 Å². The largest absolute Gasteiger partial charge is 0.348 e. The van der Waals surface area contributed by atoms with Gasteiger partial charge in [0, 0.05) is 6.04 Å². The quantitative estimate of drug-likeness (QED) is 0.725. The number of hydrogen-bond donors (Lipinski definition) is 2. The Kier molecular flexibility index (Phi) is 5.22. The maximum absolute atomic E-state index is 12.6. The van der Waals surface area contributed by atoms with Gasteiger partial charge < -0.3 is 10.2 Å². The van der Waals surface area contributed by atoms with E-state index in [-0.39, 0.29) is 11.9 Å². The highest BCUT2D eigenvalue weighted by atomic mass is 32.2. The average Bonchev–Trinajstić information content (AvgIpc) is 3.41. The van der Waals surface area contributed by atoms with Gasteiger partial charge in [0.25, 0.3) is 5.91 Å². The Hall–Kier alpha value is -1.44. The summed E-state index contributed by atoms with van der Waals surface area (Å²) in [6.07, 6.45) is 2.43. The van der Waals surface area contributed by atoms with E-state index >= 15 is 0 Å². The molecule has 1 aliphatic carbocycles. The van der Waals surface area contributed by atoms with Crippen molar-refractivity contribution < 1.29 is 18.1 Å². The van der Waals surface area contributed by atoms with Crippen molar-refractivity contribution in [2.75, 3.05) is 32.7 Å². The van der Waals surface area contributed by atoms with Crippen LogP contribution in [0, 0.1) is 5.92 Å². The molecular formula is C17H26N3O3S+. The molecule has 0 aromatic heterocycles. The summed E-state index contributed by atoms with van der Waals surface area (Å²) in [5.74, 6) is 0.723. The molecule has 0 bridgehead atoms. The number of sulfonamides is 1. The number of hydrogen-bond acceptors (Lipinski definition) is 3. The van der Waals surface area contributed by atoms with Crippen LogP contribution in [0.5, 0.6) is 0 Å². The Balaban J connectivity index is 1.49. The molecule has 6 nitrogen and oxygen atoms in total. The summed E-state index contributed by atoms with van der Waals surface area (Å²) in [7, 11) is -3.42. The number of rotatable bonds is 6. The minimum atomic E-state index is -3.42. The van der Waals surface area contributed by atoms with Gasteiger partial charge in [0.2, 0.25) is 10.0 Å². The molecule has 7 heteroatoms. The van der Waals surface area contributed by atoms with Crippen LogP contribution in [-0.4, -0.2) is 57.4 Å². The Bertz CT molecular complexity index is 666. The maximum atomic E-state index is 12.6. The zero-order valence-electron chi connectivity index (χ0n) is 14.1. The second kappa shape index (κ2) is 7.21. The normalized spacial score (nSPS) is 21.4. The lowest BCUT2D eigenvalue weighted by Gasteiger charge is -2.31. The van der Waals surface area contributed by atoms with E-state index in [0.717, 1.165) is 4.90 Å². The number of nitrogens with one attached hydrogen (secondary N) is 2. The highest BCUT2D eigenvalue weighted by Gasteiger charge is 2.32. The molecule has 1 saturated carbocycles. The molecule has 1 aromatic carbocycles. The van der Waals surface area contributed by atoms with E-state index in [0.29, 0.717) is 43.5 Å². The van der Waals surface area contributed by atoms with E-state index < -0.39 is 10.0 Å². The predicted octanol–water partition coefficient (Wildman–Crippen LogP) is -0.509. The zero-order valence-corrected chi connectivity index (χ0v) is 14.9. The van der Waals surface area contributed by atoms with Crippen molar-refractivity contribution in [2.45, 2.75) is 30.7 Å². The van der Waals surface area contributed by atoms with Gasteiger partial charge in [0.05, 0.1) is 31.1 Å². The highest BCUT2D eigenvalue weighted by molar-refractivity contribution is 7.89. The van der Waals surface area contributed by atoms with E-state index in [4.69, 9.17) is 0 Å². The number of piperazine rings is 1. The SMILES string of the molecule is C[C@H](NC(=O)C[NH+]1CCN(S(=O)(=O)c2ccccc2)CC1)C1CC1. The van der Waals surface area contributed by atoms with Crippen molar-refractivity contribution in [1.82, 2.24) is 9.62 Å². The van der Waals surface area contributed by atoms with Gasteiger partial charge in [0.15, 0.2) is 6.54 Å². The summed E-state index contributed by atoms with van der Waals surface area (Å²) in [6, 6.07) is 8.79. The van der Waals surface area contributed by atoms with E-state index in [1.54, 1.807) is 24.3 Å². The van der Waals surface area contributed by atoms with Crippen LogP contribution in [0.2, 0.25) is 0 Å². The standard InChI is InChI=1S/C17H25N3O3S/c1-14(15-7-8-15)18-17(21)13-19-9-11-20(12-10-19)24(22,23)16-5-3-2-4-6-16/h2-6,14-15H,7-13H2,1H3,(H,18,21)/p+1/t14-/m0/s1. The molecule has 2 fully saturated rings. The topological polar surface area (TPSA) is 70.9 Å². The molecular weight excluding hydrogens is 326 g/mol. The Morgan fingerprint density at radius 3 is 2.46 bits per heavy atom. The first-order valence-corrected chi connectivity index (χ1v) is 10.1. The smallest absolute Gasteiger partial charge is 0.275 e. The summed E-state index contributed by atoms with van der Waals surface area (Å²) >= 11 is 0. The Morgan fingerprint density at radius 2 is 1.88 bits per heavy atom. The molecule has 2 aliphatic rings. The van der Waals surface area contributed by atoms with Gasteiger partial charge in [-0.05, 0) is 37.8 Å². The van der Waals surface area contributed by atoms with E-state index in [1.807, 2.05) is 6.07 Å². The molecule has 2 N–H and O–H groups in total. The van der Waals surface area contributed by atoms with Gasteiger partial charge in [0.1, 0.15) is 0 Å². The predicted molar refractivity (Wildman–Crippen MR) is 91.1 cm³/mol. The van der Waals surface area contributed by atoms with Crippen LogP contribution >= 0.6 is 0 Å². The third kappa shape index (κ3) is 4.15. The van der Waals surface area contributed by atoms with Gasteiger partial charge in [-0.2, -0.15) is 4.31 Å². The number of amides is 1. The number of carbonyl (C=O) groups is 1.